The predicted molar refractivity (Wildman–Crippen MR) is 109 cm³/mol. The van der Waals surface area contributed by atoms with Gasteiger partial charge < -0.3 is 5.32 Å². The smallest absolute Gasteiger partial charge is 0.243 e. The van der Waals surface area contributed by atoms with Gasteiger partial charge in [-0.25, -0.2) is 8.42 Å². The average Bonchev–Trinajstić information content (AvgIpc) is 2.64. The van der Waals surface area contributed by atoms with Crippen LogP contribution in [-0.2, 0) is 14.8 Å². The molecule has 0 radical (unpaired) electrons. The van der Waals surface area contributed by atoms with Crippen LogP contribution in [-0.4, -0.2) is 56.3 Å². The number of amides is 1. The molecule has 1 saturated heterocycles. The van der Waals surface area contributed by atoms with Crippen molar-refractivity contribution in [1.29, 1.82) is 0 Å². The summed E-state index contributed by atoms with van der Waals surface area (Å²) < 4.78 is 27.8. The Balaban J connectivity index is 1.54. The van der Waals surface area contributed by atoms with Crippen LogP contribution in [0.5, 0.6) is 0 Å². The highest BCUT2D eigenvalue weighted by Crippen LogP contribution is 2.21. The molecule has 144 valence electrons. The lowest BCUT2D eigenvalue weighted by Gasteiger charge is -2.33. The highest BCUT2D eigenvalue weighted by atomic mass is 79.9. The van der Waals surface area contributed by atoms with Gasteiger partial charge >= 0.3 is 0 Å². The van der Waals surface area contributed by atoms with Crippen LogP contribution in [0.4, 0.5) is 5.69 Å². The van der Waals surface area contributed by atoms with E-state index in [1.54, 1.807) is 18.2 Å². The molecule has 1 amide bonds. The Morgan fingerprint density at radius 2 is 1.74 bits per heavy atom. The standard InChI is InChI=1S/C18H19BrClN3O3S/c19-14-4-6-16(7-5-14)21-18(24)13-22-8-10-23(11-9-22)27(25,26)17-3-1-2-15(20)12-17/h1-7,12H,8-11,13H2,(H,21,24). The number of nitrogens with one attached hydrogen (secondary N) is 1. The van der Waals surface area contributed by atoms with Crippen LogP contribution < -0.4 is 5.32 Å². The Bertz CT molecular complexity index is 914. The van der Waals surface area contributed by atoms with Crippen molar-refractivity contribution >= 4 is 49.1 Å². The van der Waals surface area contributed by atoms with Gasteiger partial charge in [-0.3, -0.25) is 9.69 Å². The van der Waals surface area contributed by atoms with Crippen LogP contribution in [0.3, 0.4) is 0 Å². The average molecular weight is 473 g/mol. The number of piperazine rings is 1. The van der Waals surface area contributed by atoms with Gasteiger partial charge in [0, 0.05) is 41.4 Å². The SMILES string of the molecule is O=C(CN1CCN(S(=O)(=O)c2cccc(Cl)c2)CC1)Nc1ccc(Br)cc1. The summed E-state index contributed by atoms with van der Waals surface area (Å²) in [4.78, 5) is 14.3. The normalized spacial score (nSPS) is 16.2. The van der Waals surface area contributed by atoms with Crippen LogP contribution in [0.15, 0.2) is 57.9 Å². The fourth-order valence-corrected chi connectivity index (χ4v) is 4.83. The number of hydrogen-bond donors (Lipinski definition) is 1. The summed E-state index contributed by atoms with van der Waals surface area (Å²) in [7, 11) is -3.57. The summed E-state index contributed by atoms with van der Waals surface area (Å²) in [5, 5.41) is 3.23. The van der Waals surface area contributed by atoms with Crippen molar-refractivity contribution in [1.82, 2.24) is 9.21 Å². The minimum absolute atomic E-state index is 0.122. The van der Waals surface area contributed by atoms with Crippen LogP contribution in [0.2, 0.25) is 5.02 Å². The number of benzene rings is 2. The first kappa shape index (κ1) is 20.3. The molecule has 3 rings (SSSR count). The summed E-state index contributed by atoms with van der Waals surface area (Å²) in [5.41, 5.74) is 0.727. The van der Waals surface area contributed by atoms with Gasteiger partial charge in [-0.15, -0.1) is 0 Å². The Morgan fingerprint density at radius 3 is 2.37 bits per heavy atom. The third-order valence-corrected chi connectivity index (χ3v) is 6.92. The molecular weight excluding hydrogens is 454 g/mol. The van der Waals surface area contributed by atoms with E-state index in [2.05, 4.69) is 21.2 Å². The van der Waals surface area contributed by atoms with Gasteiger partial charge in [-0.1, -0.05) is 33.6 Å². The molecule has 0 saturated carbocycles. The first-order valence-electron chi connectivity index (χ1n) is 8.38. The molecule has 6 nitrogen and oxygen atoms in total. The lowest BCUT2D eigenvalue weighted by Crippen LogP contribution is -2.50. The molecule has 0 aliphatic carbocycles. The molecule has 1 heterocycles. The van der Waals surface area contributed by atoms with E-state index >= 15 is 0 Å². The number of sulfonamides is 1. The zero-order valence-electron chi connectivity index (χ0n) is 14.4. The molecule has 0 aromatic heterocycles. The summed E-state index contributed by atoms with van der Waals surface area (Å²) in [6.45, 7) is 1.88. The van der Waals surface area contributed by atoms with Crippen molar-refractivity contribution < 1.29 is 13.2 Å². The Hall–Kier alpha value is -1.45. The lowest BCUT2D eigenvalue weighted by atomic mass is 10.3. The molecule has 1 N–H and O–H groups in total. The molecule has 9 heteroatoms. The predicted octanol–water partition coefficient (Wildman–Crippen LogP) is 3.05. The highest BCUT2D eigenvalue weighted by molar-refractivity contribution is 9.10. The molecule has 0 spiro atoms. The van der Waals surface area contributed by atoms with Gasteiger partial charge in [0.15, 0.2) is 0 Å². The fraction of sp³-hybridized carbons (Fsp3) is 0.278. The largest absolute Gasteiger partial charge is 0.325 e. The maximum Gasteiger partial charge on any atom is 0.243 e. The van der Waals surface area contributed by atoms with E-state index in [1.165, 1.54) is 10.4 Å². The van der Waals surface area contributed by atoms with Crippen molar-refractivity contribution in [2.75, 3.05) is 38.0 Å². The molecule has 0 bridgehead atoms. The van der Waals surface area contributed by atoms with E-state index in [9.17, 15) is 13.2 Å². The second kappa shape index (κ2) is 8.70. The molecule has 2 aromatic carbocycles. The van der Waals surface area contributed by atoms with E-state index in [4.69, 9.17) is 11.6 Å². The maximum atomic E-state index is 12.7. The van der Waals surface area contributed by atoms with Crippen LogP contribution >= 0.6 is 27.5 Å². The van der Waals surface area contributed by atoms with E-state index in [1.807, 2.05) is 29.2 Å². The maximum absolute atomic E-state index is 12.7. The highest BCUT2D eigenvalue weighted by Gasteiger charge is 2.29. The van der Waals surface area contributed by atoms with Crippen molar-refractivity contribution in [2.45, 2.75) is 4.90 Å². The quantitative estimate of drug-likeness (QED) is 0.726. The molecule has 1 aliphatic heterocycles. The zero-order valence-corrected chi connectivity index (χ0v) is 17.6. The van der Waals surface area contributed by atoms with Crippen molar-refractivity contribution in [3.8, 4) is 0 Å². The summed E-state index contributed by atoms with van der Waals surface area (Å²) >= 11 is 9.26. The number of carbonyl (C=O) groups is 1. The third-order valence-electron chi connectivity index (χ3n) is 4.26. The first-order valence-corrected chi connectivity index (χ1v) is 11.0. The minimum Gasteiger partial charge on any atom is -0.325 e. The van der Waals surface area contributed by atoms with Gasteiger partial charge in [0.25, 0.3) is 0 Å². The van der Waals surface area contributed by atoms with Gasteiger partial charge in [0.05, 0.1) is 11.4 Å². The summed E-state index contributed by atoms with van der Waals surface area (Å²) in [5.74, 6) is -0.122. The second-order valence-electron chi connectivity index (χ2n) is 6.19. The molecule has 1 aliphatic rings. The molecule has 0 atom stereocenters. The van der Waals surface area contributed by atoms with Crippen molar-refractivity contribution in [3.05, 3.63) is 58.0 Å². The van der Waals surface area contributed by atoms with E-state index in [0.717, 1.165) is 10.2 Å². The molecule has 2 aromatic rings. The number of carbonyl (C=O) groups excluding carboxylic acids is 1. The third kappa shape index (κ3) is 5.30. The second-order valence-corrected chi connectivity index (χ2v) is 9.48. The topological polar surface area (TPSA) is 69.7 Å². The van der Waals surface area contributed by atoms with Crippen molar-refractivity contribution in [2.24, 2.45) is 0 Å². The molecule has 1 fully saturated rings. The number of rotatable bonds is 5. The summed E-state index contributed by atoms with van der Waals surface area (Å²) in [6.07, 6.45) is 0. The van der Waals surface area contributed by atoms with Gasteiger partial charge in [0.1, 0.15) is 0 Å². The van der Waals surface area contributed by atoms with Crippen molar-refractivity contribution in [3.63, 3.8) is 0 Å². The van der Waals surface area contributed by atoms with Crippen LogP contribution in [0.1, 0.15) is 0 Å². The van der Waals surface area contributed by atoms with Gasteiger partial charge in [-0.05, 0) is 42.5 Å². The molecule has 0 unspecified atom stereocenters. The van der Waals surface area contributed by atoms with E-state index in [0.29, 0.717) is 31.2 Å². The Morgan fingerprint density at radius 1 is 1.07 bits per heavy atom. The monoisotopic (exact) mass is 471 g/mol. The van der Waals surface area contributed by atoms with E-state index < -0.39 is 10.0 Å². The lowest BCUT2D eigenvalue weighted by molar-refractivity contribution is -0.117. The zero-order chi connectivity index (χ0) is 19.4. The number of hydrogen-bond acceptors (Lipinski definition) is 4. The van der Waals surface area contributed by atoms with Gasteiger partial charge in [0.2, 0.25) is 15.9 Å². The van der Waals surface area contributed by atoms with Crippen LogP contribution in [0.25, 0.3) is 0 Å². The molecule has 27 heavy (non-hydrogen) atoms. The van der Waals surface area contributed by atoms with Crippen LogP contribution in [0, 0.1) is 0 Å². The first-order chi connectivity index (χ1) is 12.8. The van der Waals surface area contributed by atoms with Gasteiger partial charge in [-0.2, -0.15) is 4.31 Å². The Kier molecular flexibility index (Phi) is 6.54. The number of nitrogens with zero attached hydrogens (tertiary/aromatic N) is 2. The number of anilines is 1. The number of halogens is 2. The Labute approximate surface area is 172 Å². The minimum atomic E-state index is -3.57. The van der Waals surface area contributed by atoms with E-state index in [-0.39, 0.29) is 17.3 Å². The molecular formula is C18H19BrClN3O3S. The summed E-state index contributed by atoms with van der Waals surface area (Å²) in [6, 6.07) is 13.6. The fourth-order valence-electron chi connectivity index (χ4n) is 2.84.